The summed E-state index contributed by atoms with van der Waals surface area (Å²) in [7, 11) is -4.15. The maximum absolute atomic E-state index is 14.2. The second kappa shape index (κ2) is 14.6. The van der Waals surface area contributed by atoms with Crippen LogP contribution < -0.4 is 14.4 Å². The third-order valence-electron chi connectivity index (χ3n) is 7.88. The fraction of sp³-hybridized carbons (Fsp3) is 0.412. The van der Waals surface area contributed by atoms with E-state index in [0.29, 0.717) is 24.5 Å². The summed E-state index contributed by atoms with van der Waals surface area (Å²) in [5, 5.41) is 3.15. The monoisotopic (exact) mass is 605 g/mol. The molecule has 1 N–H and O–H groups in total. The highest BCUT2D eigenvalue weighted by Crippen LogP contribution is 2.27. The van der Waals surface area contributed by atoms with E-state index in [1.807, 2.05) is 64.1 Å². The van der Waals surface area contributed by atoms with Crippen molar-refractivity contribution in [2.24, 2.45) is 0 Å². The molecule has 0 heterocycles. The number of ether oxygens (including phenoxy) is 1. The highest BCUT2D eigenvalue weighted by molar-refractivity contribution is 7.92. The molecule has 3 aromatic rings. The van der Waals surface area contributed by atoms with Gasteiger partial charge in [0.05, 0.1) is 17.2 Å². The van der Waals surface area contributed by atoms with E-state index in [4.69, 9.17) is 4.74 Å². The zero-order valence-electron chi connectivity index (χ0n) is 25.6. The molecule has 0 aliphatic heterocycles. The van der Waals surface area contributed by atoms with Crippen LogP contribution in [0, 0.1) is 13.8 Å². The van der Waals surface area contributed by atoms with Gasteiger partial charge in [-0.05, 0) is 82.0 Å². The summed E-state index contributed by atoms with van der Waals surface area (Å²) in [5.41, 5.74) is 3.28. The lowest BCUT2D eigenvalue weighted by Crippen LogP contribution is -2.53. The molecule has 43 heavy (non-hydrogen) atoms. The molecular weight excluding hydrogens is 562 g/mol. The molecule has 0 unspecified atom stereocenters. The highest BCUT2D eigenvalue weighted by Gasteiger charge is 2.34. The molecule has 0 saturated heterocycles. The third kappa shape index (κ3) is 8.16. The van der Waals surface area contributed by atoms with Crippen LogP contribution in [0.4, 0.5) is 5.69 Å². The Bertz CT molecular complexity index is 1470. The first-order valence-corrected chi connectivity index (χ1v) is 16.5. The number of hydrogen-bond acceptors (Lipinski definition) is 5. The predicted molar refractivity (Wildman–Crippen MR) is 170 cm³/mol. The van der Waals surface area contributed by atoms with E-state index in [9.17, 15) is 18.0 Å². The van der Waals surface area contributed by atoms with E-state index < -0.39 is 28.5 Å². The number of hydrogen-bond donors (Lipinski definition) is 1. The Morgan fingerprint density at radius 3 is 2.02 bits per heavy atom. The number of aryl methyl sites for hydroxylation is 2. The molecule has 1 saturated carbocycles. The fourth-order valence-corrected chi connectivity index (χ4v) is 6.83. The molecule has 1 fully saturated rings. The van der Waals surface area contributed by atoms with Gasteiger partial charge in [-0.2, -0.15) is 0 Å². The Morgan fingerprint density at radius 1 is 0.884 bits per heavy atom. The zero-order chi connectivity index (χ0) is 31.0. The number of rotatable bonds is 13. The van der Waals surface area contributed by atoms with Gasteiger partial charge >= 0.3 is 0 Å². The second-order valence-corrected chi connectivity index (χ2v) is 13.0. The quantitative estimate of drug-likeness (QED) is 0.267. The molecule has 0 spiro atoms. The van der Waals surface area contributed by atoms with Crippen molar-refractivity contribution in [1.29, 1.82) is 0 Å². The SMILES string of the molecule is CCOc1ccc(S(=O)(=O)N(CC(=O)N(Cc2ccc(C)cc2)[C@@H](CC)C(=O)NC2CCCC2)c2ccc(C)cc2)cc1. The van der Waals surface area contributed by atoms with Crippen LogP contribution in [-0.4, -0.2) is 50.4 Å². The summed E-state index contributed by atoms with van der Waals surface area (Å²) in [6.07, 6.45) is 4.39. The zero-order valence-corrected chi connectivity index (χ0v) is 26.4. The van der Waals surface area contributed by atoms with Crippen molar-refractivity contribution >= 4 is 27.5 Å². The topological polar surface area (TPSA) is 96.0 Å². The first-order chi connectivity index (χ1) is 20.6. The van der Waals surface area contributed by atoms with Crippen molar-refractivity contribution in [3.63, 3.8) is 0 Å². The molecule has 8 nitrogen and oxygen atoms in total. The summed E-state index contributed by atoms with van der Waals surface area (Å²) in [6.45, 7) is 7.82. The number of carbonyl (C=O) groups is 2. The van der Waals surface area contributed by atoms with Gasteiger partial charge in [0.15, 0.2) is 0 Å². The van der Waals surface area contributed by atoms with Crippen LogP contribution in [0.1, 0.15) is 62.6 Å². The van der Waals surface area contributed by atoms with Crippen LogP contribution in [0.5, 0.6) is 5.75 Å². The number of carbonyl (C=O) groups excluding carboxylic acids is 2. The van der Waals surface area contributed by atoms with E-state index in [0.717, 1.165) is 46.7 Å². The summed E-state index contributed by atoms with van der Waals surface area (Å²) < 4.78 is 34.8. The molecule has 0 bridgehead atoms. The number of sulfonamides is 1. The average Bonchev–Trinajstić information content (AvgIpc) is 3.50. The molecule has 3 aromatic carbocycles. The predicted octanol–water partition coefficient (Wildman–Crippen LogP) is 5.76. The molecule has 0 aromatic heterocycles. The smallest absolute Gasteiger partial charge is 0.264 e. The molecular formula is C34H43N3O5S. The Hall–Kier alpha value is -3.85. The van der Waals surface area contributed by atoms with E-state index in [-0.39, 0.29) is 23.4 Å². The number of benzene rings is 3. The Kier molecular flexibility index (Phi) is 10.9. The number of nitrogens with one attached hydrogen (secondary N) is 1. The standard InChI is InChI=1S/C34H43N3O5S/c1-5-32(34(39)35-28-9-7-8-10-28)36(23-27-15-11-25(3)12-16-27)33(38)24-37(29-17-13-26(4)14-18-29)43(40,41)31-21-19-30(20-22-31)42-6-2/h11-22,28,32H,5-10,23-24H2,1-4H3,(H,35,39)/t32-/m0/s1. The van der Waals surface area contributed by atoms with Crippen LogP contribution >= 0.6 is 0 Å². The summed E-state index contributed by atoms with van der Waals surface area (Å²) in [6, 6.07) is 20.4. The molecule has 9 heteroatoms. The van der Waals surface area contributed by atoms with Crippen LogP contribution in [-0.2, 0) is 26.2 Å². The Balaban J connectivity index is 1.70. The molecule has 4 rings (SSSR count). The lowest BCUT2D eigenvalue weighted by atomic mass is 10.1. The van der Waals surface area contributed by atoms with E-state index >= 15 is 0 Å². The molecule has 2 amide bonds. The van der Waals surface area contributed by atoms with E-state index in [1.165, 1.54) is 17.0 Å². The minimum Gasteiger partial charge on any atom is -0.494 e. The maximum Gasteiger partial charge on any atom is 0.264 e. The van der Waals surface area contributed by atoms with Gasteiger partial charge in [-0.15, -0.1) is 0 Å². The van der Waals surface area contributed by atoms with Crippen molar-refractivity contribution in [2.45, 2.75) is 83.3 Å². The lowest BCUT2D eigenvalue weighted by molar-refractivity contribution is -0.140. The van der Waals surface area contributed by atoms with Crippen molar-refractivity contribution < 1.29 is 22.7 Å². The second-order valence-electron chi connectivity index (χ2n) is 11.2. The van der Waals surface area contributed by atoms with Gasteiger partial charge in [-0.1, -0.05) is 67.3 Å². The third-order valence-corrected chi connectivity index (χ3v) is 9.67. The van der Waals surface area contributed by atoms with Gasteiger partial charge in [0, 0.05) is 12.6 Å². The van der Waals surface area contributed by atoms with Crippen molar-refractivity contribution in [1.82, 2.24) is 10.2 Å². The van der Waals surface area contributed by atoms with Gasteiger partial charge in [0.25, 0.3) is 10.0 Å². The summed E-state index contributed by atoms with van der Waals surface area (Å²) >= 11 is 0. The van der Waals surface area contributed by atoms with Crippen LogP contribution in [0.2, 0.25) is 0 Å². The number of anilines is 1. The first kappa shape index (κ1) is 32.1. The lowest BCUT2D eigenvalue weighted by Gasteiger charge is -2.34. The van der Waals surface area contributed by atoms with Gasteiger partial charge in [0.2, 0.25) is 11.8 Å². The van der Waals surface area contributed by atoms with Crippen LogP contribution in [0.25, 0.3) is 0 Å². The number of nitrogens with zero attached hydrogens (tertiary/aromatic N) is 2. The summed E-state index contributed by atoms with van der Waals surface area (Å²) in [5.74, 6) is -0.0991. The average molecular weight is 606 g/mol. The fourth-order valence-electron chi connectivity index (χ4n) is 5.42. The largest absolute Gasteiger partial charge is 0.494 e. The normalized spacial score (nSPS) is 14.2. The van der Waals surface area contributed by atoms with Gasteiger partial charge in [0.1, 0.15) is 18.3 Å². The molecule has 230 valence electrons. The van der Waals surface area contributed by atoms with Crippen LogP contribution in [0.15, 0.2) is 77.7 Å². The van der Waals surface area contributed by atoms with E-state index in [2.05, 4.69) is 5.32 Å². The number of amides is 2. The van der Waals surface area contributed by atoms with Gasteiger partial charge in [-0.25, -0.2) is 8.42 Å². The van der Waals surface area contributed by atoms with Crippen LogP contribution in [0.3, 0.4) is 0 Å². The minimum absolute atomic E-state index is 0.0421. The van der Waals surface area contributed by atoms with Gasteiger partial charge in [-0.3, -0.25) is 13.9 Å². The summed E-state index contributed by atoms with van der Waals surface area (Å²) in [4.78, 5) is 29.4. The highest BCUT2D eigenvalue weighted by atomic mass is 32.2. The molecule has 1 aliphatic carbocycles. The Labute approximate surface area is 256 Å². The van der Waals surface area contributed by atoms with E-state index in [1.54, 1.807) is 24.3 Å². The van der Waals surface area contributed by atoms with Crippen molar-refractivity contribution in [3.05, 3.63) is 89.5 Å². The van der Waals surface area contributed by atoms with Crippen molar-refractivity contribution in [3.8, 4) is 5.75 Å². The first-order valence-electron chi connectivity index (χ1n) is 15.1. The van der Waals surface area contributed by atoms with Crippen molar-refractivity contribution in [2.75, 3.05) is 17.5 Å². The maximum atomic E-state index is 14.2. The minimum atomic E-state index is -4.15. The van der Waals surface area contributed by atoms with Gasteiger partial charge < -0.3 is 15.0 Å². The Morgan fingerprint density at radius 2 is 1.47 bits per heavy atom. The molecule has 1 atom stereocenters. The molecule has 0 radical (unpaired) electrons. The molecule has 1 aliphatic rings.